The van der Waals surface area contributed by atoms with Crippen LogP contribution in [0.5, 0.6) is 0 Å². The molecule has 0 radical (unpaired) electrons. The van der Waals surface area contributed by atoms with Crippen LogP contribution in [-0.4, -0.2) is 56.7 Å². The van der Waals surface area contributed by atoms with E-state index in [0.29, 0.717) is 18.4 Å². The van der Waals surface area contributed by atoms with E-state index in [4.69, 9.17) is 0 Å². The first-order valence-corrected chi connectivity index (χ1v) is 12.4. The normalized spacial score (nSPS) is 15.6. The SMILES string of the molecule is Cc1nn(C)cc1CN(C)C(Cc1ccccc1)C1CCN(C(=O)CCc2cccnc2)CC1. The van der Waals surface area contributed by atoms with Gasteiger partial charge in [-0.1, -0.05) is 36.4 Å². The van der Waals surface area contributed by atoms with Gasteiger partial charge in [-0.15, -0.1) is 0 Å². The highest BCUT2D eigenvalue weighted by molar-refractivity contribution is 5.76. The van der Waals surface area contributed by atoms with E-state index in [2.05, 4.69) is 70.4 Å². The van der Waals surface area contributed by atoms with E-state index < -0.39 is 0 Å². The highest BCUT2D eigenvalue weighted by atomic mass is 16.2. The van der Waals surface area contributed by atoms with Crippen molar-refractivity contribution in [1.29, 1.82) is 0 Å². The predicted molar refractivity (Wildman–Crippen MR) is 135 cm³/mol. The number of piperidine rings is 1. The topological polar surface area (TPSA) is 54.3 Å². The summed E-state index contributed by atoms with van der Waals surface area (Å²) in [4.78, 5) is 21.6. The number of amides is 1. The Bertz CT molecular complexity index is 1040. The van der Waals surface area contributed by atoms with Crippen molar-refractivity contribution in [2.45, 2.75) is 51.6 Å². The molecule has 0 N–H and O–H groups in total. The van der Waals surface area contributed by atoms with Gasteiger partial charge in [0.1, 0.15) is 0 Å². The molecule has 3 heterocycles. The maximum absolute atomic E-state index is 12.8. The Kier molecular flexibility index (Phi) is 8.12. The third kappa shape index (κ3) is 6.32. The summed E-state index contributed by atoms with van der Waals surface area (Å²) in [6, 6.07) is 15.2. The van der Waals surface area contributed by atoms with E-state index in [0.717, 1.165) is 56.6 Å². The molecule has 1 unspecified atom stereocenters. The minimum absolute atomic E-state index is 0.265. The van der Waals surface area contributed by atoms with Crippen molar-refractivity contribution in [2.24, 2.45) is 13.0 Å². The van der Waals surface area contributed by atoms with Gasteiger partial charge in [-0.05, 0) is 62.8 Å². The van der Waals surface area contributed by atoms with Crippen LogP contribution >= 0.6 is 0 Å². The Balaban J connectivity index is 1.38. The van der Waals surface area contributed by atoms with Gasteiger partial charge in [0.25, 0.3) is 0 Å². The monoisotopic (exact) mass is 459 g/mol. The van der Waals surface area contributed by atoms with Crippen LogP contribution in [-0.2, 0) is 31.2 Å². The number of nitrogens with zero attached hydrogens (tertiary/aromatic N) is 5. The highest BCUT2D eigenvalue weighted by Gasteiger charge is 2.31. The quantitative estimate of drug-likeness (QED) is 0.485. The van der Waals surface area contributed by atoms with Crippen molar-refractivity contribution in [3.05, 3.63) is 83.4 Å². The Hall–Kier alpha value is -2.99. The minimum atomic E-state index is 0.265. The molecule has 1 aliphatic rings. The fourth-order valence-electron chi connectivity index (χ4n) is 5.22. The summed E-state index contributed by atoms with van der Waals surface area (Å²) in [5.74, 6) is 0.825. The number of carbonyl (C=O) groups is 1. The smallest absolute Gasteiger partial charge is 0.222 e. The lowest BCUT2D eigenvalue weighted by Crippen LogP contribution is -2.46. The van der Waals surface area contributed by atoms with Gasteiger partial charge in [0.15, 0.2) is 0 Å². The van der Waals surface area contributed by atoms with Crippen molar-refractivity contribution < 1.29 is 4.79 Å². The molecule has 6 heteroatoms. The molecule has 0 saturated carbocycles. The van der Waals surface area contributed by atoms with Gasteiger partial charge in [0, 0.05) is 63.3 Å². The lowest BCUT2D eigenvalue weighted by Gasteiger charge is -2.40. The predicted octanol–water partition coefficient (Wildman–Crippen LogP) is 4.04. The van der Waals surface area contributed by atoms with Gasteiger partial charge >= 0.3 is 0 Å². The summed E-state index contributed by atoms with van der Waals surface area (Å²) in [6.45, 7) is 4.68. The average Bonchev–Trinajstić information content (AvgIpc) is 3.18. The number of aromatic nitrogens is 3. The van der Waals surface area contributed by atoms with Crippen LogP contribution in [0.25, 0.3) is 0 Å². The molecular weight excluding hydrogens is 422 g/mol. The first-order valence-electron chi connectivity index (χ1n) is 12.4. The summed E-state index contributed by atoms with van der Waals surface area (Å²) in [7, 11) is 4.23. The number of benzene rings is 1. The molecule has 3 aromatic rings. The van der Waals surface area contributed by atoms with E-state index in [9.17, 15) is 4.79 Å². The molecule has 1 saturated heterocycles. The van der Waals surface area contributed by atoms with Crippen LogP contribution in [0.2, 0.25) is 0 Å². The molecule has 1 fully saturated rings. The number of rotatable bonds is 9. The van der Waals surface area contributed by atoms with Gasteiger partial charge in [0.05, 0.1) is 5.69 Å². The van der Waals surface area contributed by atoms with Crippen LogP contribution in [0, 0.1) is 12.8 Å². The molecule has 180 valence electrons. The Morgan fingerprint density at radius 1 is 1.12 bits per heavy atom. The molecule has 1 aromatic carbocycles. The van der Waals surface area contributed by atoms with E-state index in [1.807, 2.05) is 30.1 Å². The summed E-state index contributed by atoms with van der Waals surface area (Å²) in [5.41, 5.74) is 4.88. The standard InChI is InChI=1S/C28H37N5O/c1-22-26(21-32(3)30-22)20-31(2)27(18-23-8-5-4-6-9-23)25-13-16-33(17-14-25)28(34)12-11-24-10-7-15-29-19-24/h4-10,15,19,21,25,27H,11-14,16-18,20H2,1-3H3. The molecule has 1 amide bonds. The molecule has 1 atom stereocenters. The summed E-state index contributed by atoms with van der Waals surface area (Å²) in [5, 5.41) is 4.53. The van der Waals surface area contributed by atoms with Crippen molar-refractivity contribution in [3.8, 4) is 0 Å². The summed E-state index contributed by atoms with van der Waals surface area (Å²) < 4.78 is 1.90. The Labute approximate surface area is 203 Å². The zero-order valence-corrected chi connectivity index (χ0v) is 20.7. The first kappa shape index (κ1) is 24.1. The number of likely N-dealkylation sites (N-methyl/N-ethyl adjacent to an activating group) is 1. The molecule has 4 rings (SSSR count). The number of hydrogen-bond acceptors (Lipinski definition) is 4. The molecule has 34 heavy (non-hydrogen) atoms. The van der Waals surface area contributed by atoms with Crippen LogP contribution in [0.15, 0.2) is 61.1 Å². The molecule has 0 bridgehead atoms. The lowest BCUT2D eigenvalue weighted by atomic mass is 9.84. The molecular formula is C28H37N5O. The largest absolute Gasteiger partial charge is 0.343 e. The molecule has 0 aliphatic carbocycles. The van der Waals surface area contributed by atoms with Crippen molar-refractivity contribution in [2.75, 3.05) is 20.1 Å². The maximum Gasteiger partial charge on any atom is 0.222 e. The van der Waals surface area contributed by atoms with Gasteiger partial charge < -0.3 is 4.90 Å². The summed E-state index contributed by atoms with van der Waals surface area (Å²) >= 11 is 0. The van der Waals surface area contributed by atoms with E-state index in [-0.39, 0.29) is 5.91 Å². The van der Waals surface area contributed by atoms with Crippen LogP contribution in [0.4, 0.5) is 0 Å². The number of pyridine rings is 1. The van der Waals surface area contributed by atoms with Gasteiger partial charge in [0.2, 0.25) is 5.91 Å². The fourth-order valence-corrected chi connectivity index (χ4v) is 5.22. The third-order valence-electron chi connectivity index (χ3n) is 7.18. The van der Waals surface area contributed by atoms with Crippen molar-refractivity contribution in [3.63, 3.8) is 0 Å². The van der Waals surface area contributed by atoms with Gasteiger partial charge in [-0.2, -0.15) is 5.10 Å². The number of likely N-dealkylation sites (tertiary alicyclic amines) is 1. The number of hydrogen-bond donors (Lipinski definition) is 0. The van der Waals surface area contributed by atoms with Gasteiger partial charge in [-0.25, -0.2) is 0 Å². The van der Waals surface area contributed by atoms with E-state index >= 15 is 0 Å². The van der Waals surface area contributed by atoms with Crippen molar-refractivity contribution >= 4 is 5.91 Å². The number of carbonyl (C=O) groups excluding carboxylic acids is 1. The summed E-state index contributed by atoms with van der Waals surface area (Å²) in [6.07, 6.45) is 10.2. The maximum atomic E-state index is 12.8. The molecule has 2 aromatic heterocycles. The second-order valence-electron chi connectivity index (χ2n) is 9.67. The highest BCUT2D eigenvalue weighted by Crippen LogP contribution is 2.28. The Morgan fingerprint density at radius 2 is 1.85 bits per heavy atom. The average molecular weight is 460 g/mol. The third-order valence-corrected chi connectivity index (χ3v) is 7.18. The zero-order chi connectivity index (χ0) is 23.9. The Morgan fingerprint density at radius 3 is 2.50 bits per heavy atom. The minimum Gasteiger partial charge on any atom is -0.343 e. The second-order valence-corrected chi connectivity index (χ2v) is 9.67. The molecule has 0 spiro atoms. The van der Waals surface area contributed by atoms with Crippen LogP contribution in [0.1, 0.15) is 41.6 Å². The number of aryl methyl sites for hydroxylation is 3. The van der Waals surface area contributed by atoms with Crippen LogP contribution in [0.3, 0.4) is 0 Å². The second kappa shape index (κ2) is 11.4. The van der Waals surface area contributed by atoms with E-state index in [1.54, 1.807) is 6.20 Å². The zero-order valence-electron chi connectivity index (χ0n) is 20.7. The lowest BCUT2D eigenvalue weighted by molar-refractivity contribution is -0.132. The van der Waals surface area contributed by atoms with E-state index in [1.165, 1.54) is 11.1 Å². The van der Waals surface area contributed by atoms with Crippen molar-refractivity contribution in [1.82, 2.24) is 24.6 Å². The molecule has 6 nitrogen and oxygen atoms in total. The first-order chi connectivity index (χ1) is 16.5. The van der Waals surface area contributed by atoms with Gasteiger partial charge in [-0.3, -0.25) is 19.4 Å². The fraction of sp³-hybridized carbons (Fsp3) is 0.464. The van der Waals surface area contributed by atoms with Crippen LogP contribution < -0.4 is 0 Å². The molecule has 1 aliphatic heterocycles.